The summed E-state index contributed by atoms with van der Waals surface area (Å²) in [5, 5.41) is 22.2. The molecule has 2 N–H and O–H groups in total. The molecular weight excluding hydrogens is 350 g/mol. The molecule has 0 spiro atoms. The molecule has 3 atom stereocenters. The number of fused-ring (bicyclic) bond motifs is 1. The van der Waals surface area contributed by atoms with E-state index in [-0.39, 0.29) is 29.5 Å². The number of hydrogen-bond acceptors (Lipinski definition) is 4. The Morgan fingerprint density at radius 2 is 2.04 bits per heavy atom. The molecule has 4 nitrogen and oxygen atoms in total. The van der Waals surface area contributed by atoms with E-state index in [1.54, 1.807) is 6.07 Å². The van der Waals surface area contributed by atoms with Gasteiger partial charge in [0.1, 0.15) is 5.75 Å². The fourth-order valence-electron chi connectivity index (χ4n) is 5.82. The largest absolute Gasteiger partial charge is 0.508 e. The van der Waals surface area contributed by atoms with Crippen LogP contribution in [0.2, 0.25) is 0 Å². The number of hydrogen-bond donors (Lipinski definition) is 2. The Hall–Kier alpha value is -0.810. The van der Waals surface area contributed by atoms with Crippen LogP contribution in [-0.2, 0) is 16.6 Å². The molecule has 5 rings (SSSR count). The lowest BCUT2D eigenvalue weighted by molar-refractivity contribution is -0.244. The number of piperidine rings is 1. The van der Waals surface area contributed by atoms with Gasteiger partial charge in [0, 0.05) is 19.0 Å². The highest BCUT2D eigenvalue weighted by Crippen LogP contribution is 2.58. The molecule has 1 aromatic carbocycles. The van der Waals surface area contributed by atoms with Crippen LogP contribution in [0.15, 0.2) is 18.2 Å². The predicted molar refractivity (Wildman–Crippen MR) is 103 cm³/mol. The maximum atomic E-state index is 12.1. The van der Waals surface area contributed by atoms with Crippen LogP contribution in [0.1, 0.15) is 50.7 Å². The van der Waals surface area contributed by atoms with Crippen molar-refractivity contribution >= 4 is 12.4 Å². The van der Waals surface area contributed by atoms with Crippen molar-refractivity contribution in [1.29, 1.82) is 0 Å². The fourth-order valence-corrected chi connectivity index (χ4v) is 5.82. The van der Waals surface area contributed by atoms with Crippen LogP contribution >= 0.6 is 12.4 Å². The van der Waals surface area contributed by atoms with Gasteiger partial charge < -0.3 is 14.9 Å². The molecule has 0 aromatic heterocycles. The molecule has 2 bridgehead atoms. The van der Waals surface area contributed by atoms with Gasteiger partial charge in [-0.15, -0.1) is 12.4 Å². The lowest BCUT2D eigenvalue weighted by Crippen LogP contribution is -2.76. The second-order valence-corrected chi connectivity index (χ2v) is 9.48. The first-order valence-corrected chi connectivity index (χ1v) is 9.76. The molecule has 1 saturated carbocycles. The minimum absolute atomic E-state index is 0. The molecule has 2 aliphatic carbocycles. The van der Waals surface area contributed by atoms with Crippen molar-refractivity contribution < 1.29 is 14.9 Å². The van der Waals surface area contributed by atoms with E-state index >= 15 is 0 Å². The number of nitrogens with zero attached hydrogens (tertiary/aromatic N) is 1. The predicted octanol–water partition coefficient (Wildman–Crippen LogP) is 3.02. The van der Waals surface area contributed by atoms with Crippen molar-refractivity contribution in [3.63, 3.8) is 0 Å². The molecule has 1 aromatic rings. The van der Waals surface area contributed by atoms with E-state index in [1.165, 1.54) is 18.4 Å². The third-order valence-corrected chi connectivity index (χ3v) is 7.26. The molecule has 2 saturated heterocycles. The van der Waals surface area contributed by atoms with Crippen molar-refractivity contribution in [3.8, 4) is 5.75 Å². The average Bonchev–Trinajstić information content (AvgIpc) is 3.33. The Morgan fingerprint density at radius 1 is 1.27 bits per heavy atom. The lowest BCUT2D eigenvalue weighted by Gasteiger charge is -2.65. The monoisotopic (exact) mass is 379 g/mol. The third kappa shape index (κ3) is 2.53. The molecule has 144 valence electrons. The zero-order valence-corrected chi connectivity index (χ0v) is 16.5. The van der Waals surface area contributed by atoms with Crippen molar-refractivity contribution in [3.05, 3.63) is 29.3 Å². The summed E-state index contributed by atoms with van der Waals surface area (Å²) in [5.74, 6) is 1.12. The van der Waals surface area contributed by atoms with Crippen molar-refractivity contribution in [2.24, 2.45) is 5.92 Å². The zero-order chi connectivity index (χ0) is 17.4. The number of aromatic hydroxyl groups is 1. The van der Waals surface area contributed by atoms with Gasteiger partial charge in [-0.25, -0.2) is 0 Å². The summed E-state index contributed by atoms with van der Waals surface area (Å²) in [6.07, 6.45) is 5.11. The van der Waals surface area contributed by atoms with Crippen LogP contribution in [0.5, 0.6) is 5.75 Å². The number of benzene rings is 1. The maximum Gasteiger partial charge on any atom is 0.115 e. The van der Waals surface area contributed by atoms with E-state index in [0.29, 0.717) is 18.8 Å². The van der Waals surface area contributed by atoms with E-state index < -0.39 is 5.60 Å². The third-order valence-electron chi connectivity index (χ3n) is 7.26. The van der Waals surface area contributed by atoms with E-state index in [4.69, 9.17) is 4.74 Å². The Bertz CT molecular complexity index is 719. The first-order chi connectivity index (χ1) is 11.8. The Balaban J connectivity index is 0.00000168. The summed E-state index contributed by atoms with van der Waals surface area (Å²) in [4.78, 5) is 2.56. The Morgan fingerprint density at radius 3 is 2.77 bits per heavy atom. The van der Waals surface area contributed by atoms with Crippen molar-refractivity contribution in [2.75, 3.05) is 19.7 Å². The van der Waals surface area contributed by atoms with Crippen molar-refractivity contribution in [2.45, 2.75) is 68.6 Å². The van der Waals surface area contributed by atoms with Gasteiger partial charge in [-0.3, -0.25) is 4.90 Å². The first-order valence-electron chi connectivity index (χ1n) is 9.76. The van der Waals surface area contributed by atoms with Gasteiger partial charge in [-0.1, -0.05) is 6.07 Å². The highest BCUT2D eigenvalue weighted by Gasteiger charge is 2.66. The molecule has 0 radical (unpaired) electrons. The summed E-state index contributed by atoms with van der Waals surface area (Å²) < 4.78 is 6.24. The number of rotatable bonds is 2. The molecule has 0 amide bonds. The number of aliphatic hydroxyl groups is 1. The maximum absolute atomic E-state index is 12.1. The topological polar surface area (TPSA) is 52.9 Å². The molecule has 0 unspecified atom stereocenters. The number of phenols is 1. The number of likely N-dealkylation sites (tertiary alicyclic amines) is 1. The zero-order valence-electron chi connectivity index (χ0n) is 15.7. The molecule has 5 heteroatoms. The summed E-state index contributed by atoms with van der Waals surface area (Å²) in [7, 11) is 0. The first kappa shape index (κ1) is 18.5. The second kappa shape index (κ2) is 5.84. The van der Waals surface area contributed by atoms with Gasteiger partial charge in [0.15, 0.2) is 0 Å². The van der Waals surface area contributed by atoms with Crippen LogP contribution in [0.25, 0.3) is 0 Å². The van der Waals surface area contributed by atoms with E-state index in [0.717, 1.165) is 37.4 Å². The van der Waals surface area contributed by atoms with E-state index in [9.17, 15) is 10.2 Å². The standard InChI is InChI=1S/C21H29NO3.ClH/c1-19(2)12-21(24)18-9-15-5-6-16(23)10-17(15)20(21,13-25-19)7-8-22(18)11-14-3-4-14;/h5-6,10,14,18,23-24H,3-4,7-9,11-13H2,1-2H3;1H/t18-,20-,21-;/m1./s1. The van der Waals surface area contributed by atoms with Crippen molar-refractivity contribution in [1.82, 2.24) is 4.90 Å². The van der Waals surface area contributed by atoms with Crippen LogP contribution in [0, 0.1) is 5.92 Å². The highest BCUT2D eigenvalue weighted by molar-refractivity contribution is 5.85. The quantitative estimate of drug-likeness (QED) is 0.829. The second-order valence-electron chi connectivity index (χ2n) is 9.48. The Kier molecular flexibility index (Phi) is 4.17. The molecular formula is C21H30ClNO3. The minimum atomic E-state index is -0.789. The number of ether oxygens (including phenoxy) is 1. The lowest BCUT2D eigenvalue weighted by atomic mass is 9.51. The van der Waals surface area contributed by atoms with E-state index in [1.807, 2.05) is 6.07 Å². The molecule has 4 aliphatic rings. The molecule has 26 heavy (non-hydrogen) atoms. The summed E-state index contributed by atoms with van der Waals surface area (Å²) in [6.45, 7) is 6.87. The molecule has 2 heterocycles. The van der Waals surface area contributed by atoms with Gasteiger partial charge in [-0.05, 0) is 75.3 Å². The van der Waals surface area contributed by atoms with Gasteiger partial charge >= 0.3 is 0 Å². The van der Waals surface area contributed by atoms with Crippen LogP contribution in [0.3, 0.4) is 0 Å². The van der Waals surface area contributed by atoms with Crippen LogP contribution < -0.4 is 0 Å². The fraction of sp³-hybridized carbons (Fsp3) is 0.714. The van der Waals surface area contributed by atoms with Gasteiger partial charge in [0.05, 0.1) is 23.2 Å². The van der Waals surface area contributed by atoms with E-state index in [2.05, 4.69) is 24.8 Å². The van der Waals surface area contributed by atoms with Gasteiger partial charge in [0.25, 0.3) is 0 Å². The molecule has 2 aliphatic heterocycles. The summed E-state index contributed by atoms with van der Waals surface area (Å²) in [6, 6.07) is 5.88. The normalized spacial score (nSPS) is 38.0. The summed E-state index contributed by atoms with van der Waals surface area (Å²) >= 11 is 0. The van der Waals surface area contributed by atoms with Gasteiger partial charge in [0.2, 0.25) is 0 Å². The minimum Gasteiger partial charge on any atom is -0.508 e. The SMILES string of the molecule is CC1(C)C[C@@]2(O)[C@H]3Cc4ccc(O)cc4[C@@]2(CCN3CC2CC2)CO1.Cl. The smallest absolute Gasteiger partial charge is 0.115 e. The Labute approximate surface area is 161 Å². The number of halogens is 1. The van der Waals surface area contributed by atoms with Crippen LogP contribution in [-0.4, -0.2) is 52.1 Å². The average molecular weight is 380 g/mol. The highest BCUT2D eigenvalue weighted by atomic mass is 35.5. The number of phenolic OH excluding ortho intramolecular Hbond substituents is 1. The van der Waals surface area contributed by atoms with Gasteiger partial charge in [-0.2, -0.15) is 0 Å². The van der Waals surface area contributed by atoms with Crippen LogP contribution in [0.4, 0.5) is 0 Å². The summed E-state index contributed by atoms with van der Waals surface area (Å²) in [5.41, 5.74) is 0.902. The molecule has 3 fully saturated rings.